The number of rotatable bonds is 8. The topological polar surface area (TPSA) is 99.5 Å². The molecule has 3 heterocycles. The van der Waals surface area contributed by atoms with Crippen LogP contribution in [0.2, 0.25) is 0 Å². The smallest absolute Gasteiger partial charge is 0.106 e. The lowest BCUT2D eigenvalue weighted by Crippen LogP contribution is -2.18. The summed E-state index contributed by atoms with van der Waals surface area (Å²) in [4.78, 5) is 11.2. The normalized spacial score (nSPS) is 17.6. The first-order valence-electron chi connectivity index (χ1n) is 13.9. The van der Waals surface area contributed by atoms with Crippen LogP contribution in [0.4, 0.5) is 5.69 Å². The Hall–Kier alpha value is -4.11. The molecule has 0 fully saturated rings. The Labute approximate surface area is 236 Å². The summed E-state index contributed by atoms with van der Waals surface area (Å²) >= 11 is 0. The lowest BCUT2D eigenvalue weighted by Gasteiger charge is -2.24. The van der Waals surface area contributed by atoms with Gasteiger partial charge in [0, 0.05) is 63.0 Å². The van der Waals surface area contributed by atoms with Crippen LogP contribution in [-0.4, -0.2) is 70.4 Å². The fourth-order valence-electron chi connectivity index (χ4n) is 5.52. The summed E-state index contributed by atoms with van der Waals surface area (Å²) in [6.07, 6.45) is 12.8. The quantitative estimate of drug-likeness (QED) is 0.387. The number of amidine groups is 1. The summed E-state index contributed by atoms with van der Waals surface area (Å²) in [6.45, 7) is 4.05. The van der Waals surface area contributed by atoms with Gasteiger partial charge in [0.1, 0.15) is 5.84 Å². The summed E-state index contributed by atoms with van der Waals surface area (Å²) in [5, 5.41) is 20.7. The Morgan fingerprint density at radius 1 is 1.15 bits per heavy atom. The van der Waals surface area contributed by atoms with Gasteiger partial charge in [0.05, 0.1) is 35.7 Å². The minimum atomic E-state index is -0.113. The van der Waals surface area contributed by atoms with Crippen molar-refractivity contribution >= 4 is 29.5 Å². The molecule has 1 aliphatic heterocycles. The molecule has 40 heavy (non-hydrogen) atoms. The molecule has 9 nitrogen and oxygen atoms in total. The van der Waals surface area contributed by atoms with E-state index in [2.05, 4.69) is 71.8 Å². The number of benzene rings is 1. The molecule has 0 amide bonds. The van der Waals surface area contributed by atoms with Gasteiger partial charge in [-0.05, 0) is 57.0 Å². The molecule has 1 unspecified atom stereocenters. The maximum absolute atomic E-state index is 7.76. The number of nitrogens with one attached hydrogen (secondary N) is 2. The van der Waals surface area contributed by atoms with Crippen molar-refractivity contribution in [1.82, 2.24) is 24.5 Å². The van der Waals surface area contributed by atoms with Crippen LogP contribution in [0.5, 0.6) is 0 Å². The van der Waals surface area contributed by atoms with Crippen LogP contribution >= 0.6 is 0 Å². The molecule has 0 spiro atoms. The van der Waals surface area contributed by atoms with Crippen molar-refractivity contribution in [3.63, 3.8) is 0 Å². The highest BCUT2D eigenvalue weighted by atomic mass is 15.3. The van der Waals surface area contributed by atoms with Crippen molar-refractivity contribution in [2.45, 2.75) is 45.1 Å². The predicted molar refractivity (Wildman–Crippen MR) is 165 cm³/mol. The number of aromatic nitrogens is 4. The lowest BCUT2D eigenvalue weighted by molar-refractivity contribution is 0.373. The zero-order chi connectivity index (χ0) is 28.2. The largest absolute Gasteiger partial charge is 0.341 e. The van der Waals surface area contributed by atoms with Gasteiger partial charge in [-0.2, -0.15) is 10.2 Å². The molecule has 1 aliphatic carbocycles. The van der Waals surface area contributed by atoms with Gasteiger partial charge in [-0.25, -0.2) is 4.99 Å². The molecule has 0 radical (unpaired) electrons. The van der Waals surface area contributed by atoms with E-state index in [-0.39, 0.29) is 5.92 Å². The second-order valence-corrected chi connectivity index (χ2v) is 10.8. The number of aliphatic imine (C=N–C) groups is 2. The van der Waals surface area contributed by atoms with Crippen LogP contribution in [0.25, 0.3) is 16.8 Å². The SMILES string of the molecule is CN=CC(C=N)c1ccc(-c2c3c(nn2C)CC/C2=C/N=C(Nc4cnn(CCN(C)C)c4)CCC(C)=C23)cc1. The number of allylic oxidation sites excluding steroid dienone is 3. The van der Waals surface area contributed by atoms with Crippen molar-refractivity contribution in [3.05, 3.63) is 70.8 Å². The van der Waals surface area contributed by atoms with Gasteiger partial charge < -0.3 is 15.6 Å². The third-order valence-electron chi connectivity index (χ3n) is 7.62. The minimum absolute atomic E-state index is 0.113. The van der Waals surface area contributed by atoms with E-state index in [1.165, 1.54) is 28.5 Å². The van der Waals surface area contributed by atoms with Crippen molar-refractivity contribution in [1.29, 1.82) is 5.41 Å². The van der Waals surface area contributed by atoms with Gasteiger partial charge in [-0.3, -0.25) is 14.4 Å². The third-order valence-corrected chi connectivity index (χ3v) is 7.62. The lowest BCUT2D eigenvalue weighted by atomic mass is 9.81. The molecule has 208 valence electrons. The molecule has 9 heteroatoms. The highest BCUT2D eigenvalue weighted by Gasteiger charge is 2.29. The maximum Gasteiger partial charge on any atom is 0.106 e. The molecular formula is C31H39N9. The van der Waals surface area contributed by atoms with E-state index in [1.807, 2.05) is 28.8 Å². The van der Waals surface area contributed by atoms with Crippen LogP contribution in [0.3, 0.4) is 0 Å². The highest BCUT2D eigenvalue weighted by molar-refractivity contribution is 5.98. The molecule has 2 aliphatic rings. The third kappa shape index (κ3) is 5.74. The van der Waals surface area contributed by atoms with Gasteiger partial charge in [-0.1, -0.05) is 29.8 Å². The summed E-state index contributed by atoms with van der Waals surface area (Å²) < 4.78 is 3.99. The Morgan fingerprint density at radius 3 is 2.67 bits per heavy atom. The van der Waals surface area contributed by atoms with Crippen molar-refractivity contribution < 1.29 is 0 Å². The van der Waals surface area contributed by atoms with Gasteiger partial charge in [0.25, 0.3) is 0 Å². The number of hydrogen-bond donors (Lipinski definition) is 2. The molecule has 0 saturated heterocycles. The van der Waals surface area contributed by atoms with Crippen LogP contribution in [-0.2, 0) is 20.0 Å². The standard InChI is InChI=1S/C31H39N9/c1-21-6-13-28(36-26-19-35-40(20-26)15-14-38(3)4)34-18-24-11-12-27-30(29(21)24)31(39(5)37-27)23-9-7-22(8-10-23)25(16-32)17-33-2/h7-10,16-20,25,32H,6,11-15H2,1-5H3,(H,34,36)/b24-18-,29-21?,32-16?,33-17?. The molecule has 0 bridgehead atoms. The first-order valence-corrected chi connectivity index (χ1v) is 13.9. The fourth-order valence-corrected chi connectivity index (χ4v) is 5.52. The summed E-state index contributed by atoms with van der Waals surface area (Å²) in [5.74, 6) is 0.847. The van der Waals surface area contributed by atoms with Crippen molar-refractivity contribution in [2.75, 3.05) is 33.0 Å². The number of hydrogen-bond acceptors (Lipinski definition) is 7. The van der Waals surface area contributed by atoms with E-state index in [9.17, 15) is 0 Å². The molecule has 1 atom stereocenters. The predicted octanol–water partition coefficient (Wildman–Crippen LogP) is 5.19. The van der Waals surface area contributed by atoms with Gasteiger partial charge in [0.15, 0.2) is 0 Å². The van der Waals surface area contributed by atoms with Crippen molar-refractivity contribution in [3.8, 4) is 11.3 Å². The summed E-state index contributed by atoms with van der Waals surface area (Å²) in [6, 6.07) is 8.47. The number of nitrogens with zero attached hydrogens (tertiary/aromatic N) is 7. The van der Waals surface area contributed by atoms with E-state index >= 15 is 0 Å². The number of fused-ring (bicyclic) bond motifs is 3. The number of anilines is 1. The Balaban J connectivity index is 1.43. The number of likely N-dealkylation sites (N-methyl/N-ethyl adjacent to an activating group) is 1. The van der Waals surface area contributed by atoms with E-state index in [4.69, 9.17) is 15.5 Å². The molecular weight excluding hydrogens is 498 g/mol. The second-order valence-electron chi connectivity index (χ2n) is 10.8. The first-order chi connectivity index (χ1) is 19.4. The Kier molecular flexibility index (Phi) is 8.21. The summed E-state index contributed by atoms with van der Waals surface area (Å²) in [7, 11) is 7.92. The van der Waals surface area contributed by atoms with Crippen molar-refractivity contribution in [2.24, 2.45) is 17.0 Å². The zero-order valence-electron chi connectivity index (χ0n) is 24.1. The van der Waals surface area contributed by atoms with Gasteiger partial charge in [0.2, 0.25) is 0 Å². The maximum atomic E-state index is 7.76. The molecule has 0 saturated carbocycles. The number of aryl methyl sites for hydroxylation is 2. The van der Waals surface area contributed by atoms with E-state index < -0.39 is 0 Å². The Bertz CT molecular complexity index is 1500. The minimum Gasteiger partial charge on any atom is -0.341 e. The monoisotopic (exact) mass is 537 g/mol. The second kappa shape index (κ2) is 12.0. The molecule has 1 aromatic carbocycles. The molecule has 5 rings (SSSR count). The molecule has 2 aromatic heterocycles. The highest BCUT2D eigenvalue weighted by Crippen LogP contribution is 2.43. The van der Waals surface area contributed by atoms with E-state index in [1.54, 1.807) is 13.3 Å². The van der Waals surface area contributed by atoms with Crippen LogP contribution in [0.1, 0.15) is 48.9 Å². The Morgan fingerprint density at radius 2 is 1.95 bits per heavy atom. The van der Waals surface area contributed by atoms with Gasteiger partial charge >= 0.3 is 0 Å². The van der Waals surface area contributed by atoms with Crippen LogP contribution in [0, 0.1) is 5.41 Å². The van der Waals surface area contributed by atoms with Gasteiger partial charge in [-0.15, -0.1) is 0 Å². The first kappa shape index (κ1) is 27.5. The van der Waals surface area contributed by atoms with Crippen LogP contribution in [0.15, 0.2) is 64.0 Å². The van der Waals surface area contributed by atoms with Crippen LogP contribution < -0.4 is 5.32 Å². The molecule has 3 aromatic rings. The average molecular weight is 538 g/mol. The summed E-state index contributed by atoms with van der Waals surface area (Å²) in [5.41, 5.74) is 10.6. The average Bonchev–Trinajstić information content (AvgIpc) is 3.53. The van der Waals surface area contributed by atoms with E-state index in [0.717, 1.165) is 72.8 Å². The zero-order valence-corrected chi connectivity index (χ0v) is 24.1. The fraction of sp³-hybridized carbons (Fsp3) is 0.387. The molecule has 2 N–H and O–H groups in total. The van der Waals surface area contributed by atoms with E-state index in [0.29, 0.717) is 0 Å².